The van der Waals surface area contributed by atoms with Crippen molar-refractivity contribution in [3.05, 3.63) is 124 Å². The van der Waals surface area contributed by atoms with E-state index in [0.29, 0.717) is 22.4 Å². The second-order valence-corrected chi connectivity index (χ2v) is 8.80. The first-order valence-electron chi connectivity index (χ1n) is 11.9. The van der Waals surface area contributed by atoms with Gasteiger partial charge in [0.1, 0.15) is 11.6 Å². The van der Waals surface area contributed by atoms with Crippen LogP contribution in [-0.2, 0) is 4.79 Å². The highest BCUT2D eigenvalue weighted by atomic mass is 16.6. The summed E-state index contributed by atoms with van der Waals surface area (Å²) in [7, 11) is 0. The minimum atomic E-state index is -1.25. The maximum atomic E-state index is 13.8. The summed E-state index contributed by atoms with van der Waals surface area (Å²) in [4.78, 5) is 56.4. The van der Waals surface area contributed by atoms with Crippen LogP contribution in [0.2, 0.25) is 0 Å². The van der Waals surface area contributed by atoms with Crippen molar-refractivity contribution in [2.45, 2.75) is 6.04 Å². The van der Waals surface area contributed by atoms with E-state index in [0.717, 1.165) is 4.90 Å². The zero-order chi connectivity index (χ0) is 27.1. The van der Waals surface area contributed by atoms with Crippen LogP contribution in [0, 0.1) is 10.1 Å². The molecule has 1 unspecified atom stereocenters. The number of benzene rings is 4. The van der Waals surface area contributed by atoms with E-state index in [4.69, 9.17) is 4.42 Å². The molecule has 39 heavy (non-hydrogen) atoms. The van der Waals surface area contributed by atoms with Crippen LogP contribution >= 0.6 is 0 Å². The second-order valence-electron chi connectivity index (χ2n) is 8.80. The second kappa shape index (κ2) is 9.34. The molecule has 1 atom stereocenters. The van der Waals surface area contributed by atoms with Crippen molar-refractivity contribution in [3.63, 3.8) is 0 Å². The SMILES string of the molecule is O=C(Nc1ccccc1-c1nc2cc([N+](=O)[O-])ccc2o1)C(c1ccccc1)N1C(=O)c2ccccc2C1=O. The van der Waals surface area contributed by atoms with Gasteiger partial charge >= 0.3 is 0 Å². The fourth-order valence-corrected chi connectivity index (χ4v) is 4.62. The Morgan fingerprint density at radius 1 is 0.846 bits per heavy atom. The van der Waals surface area contributed by atoms with Gasteiger partial charge in [0.25, 0.3) is 23.4 Å². The molecule has 3 amide bonds. The lowest BCUT2D eigenvalue weighted by Gasteiger charge is -2.26. The third-order valence-electron chi connectivity index (χ3n) is 6.44. The number of non-ortho nitro benzene ring substituents is 1. The van der Waals surface area contributed by atoms with E-state index < -0.39 is 28.7 Å². The Labute approximate surface area is 220 Å². The predicted molar refractivity (Wildman–Crippen MR) is 141 cm³/mol. The van der Waals surface area contributed by atoms with Crippen LogP contribution in [-0.4, -0.2) is 32.5 Å². The van der Waals surface area contributed by atoms with E-state index in [-0.39, 0.29) is 28.2 Å². The van der Waals surface area contributed by atoms with Crippen LogP contribution in [0.25, 0.3) is 22.6 Å². The van der Waals surface area contributed by atoms with Gasteiger partial charge in [0.05, 0.1) is 27.3 Å². The number of anilines is 1. The van der Waals surface area contributed by atoms with Gasteiger partial charge in [-0.2, -0.15) is 0 Å². The van der Waals surface area contributed by atoms with Crippen molar-refractivity contribution in [2.24, 2.45) is 0 Å². The highest BCUT2D eigenvalue weighted by Gasteiger charge is 2.43. The third-order valence-corrected chi connectivity index (χ3v) is 6.44. The number of hydrogen-bond acceptors (Lipinski definition) is 7. The number of amides is 3. The van der Waals surface area contributed by atoms with Crippen LogP contribution in [0.15, 0.2) is 101 Å². The average Bonchev–Trinajstić information content (AvgIpc) is 3.49. The van der Waals surface area contributed by atoms with Gasteiger partial charge < -0.3 is 9.73 Å². The van der Waals surface area contributed by atoms with Gasteiger partial charge in [0, 0.05) is 12.1 Å². The van der Waals surface area contributed by atoms with Gasteiger partial charge in [-0.3, -0.25) is 29.4 Å². The molecule has 1 aromatic heterocycles. The normalized spacial score (nSPS) is 13.4. The number of nitrogens with zero attached hydrogens (tertiary/aromatic N) is 3. The number of carbonyl (C=O) groups excluding carboxylic acids is 3. The molecule has 0 radical (unpaired) electrons. The molecule has 1 aliphatic rings. The summed E-state index contributed by atoms with van der Waals surface area (Å²) in [6.07, 6.45) is 0. The van der Waals surface area contributed by atoms with Crippen molar-refractivity contribution in [1.29, 1.82) is 0 Å². The molecule has 5 aromatic rings. The minimum absolute atomic E-state index is 0.129. The Morgan fingerprint density at radius 2 is 1.46 bits per heavy atom. The summed E-state index contributed by atoms with van der Waals surface area (Å²) in [5.74, 6) is -1.60. The fourth-order valence-electron chi connectivity index (χ4n) is 4.62. The van der Waals surface area contributed by atoms with E-state index in [1.807, 2.05) is 0 Å². The molecule has 0 aliphatic carbocycles. The molecule has 4 aromatic carbocycles. The summed E-state index contributed by atoms with van der Waals surface area (Å²) >= 11 is 0. The van der Waals surface area contributed by atoms with Gasteiger partial charge in [0.15, 0.2) is 5.58 Å². The first-order valence-corrected chi connectivity index (χ1v) is 11.9. The Balaban J connectivity index is 1.38. The smallest absolute Gasteiger partial charge is 0.271 e. The molecular weight excluding hydrogens is 500 g/mol. The first kappa shape index (κ1) is 23.7. The van der Waals surface area contributed by atoms with Crippen LogP contribution in [0.1, 0.15) is 32.3 Å². The lowest BCUT2D eigenvalue weighted by Crippen LogP contribution is -2.41. The van der Waals surface area contributed by atoms with Gasteiger partial charge in [-0.1, -0.05) is 54.6 Å². The van der Waals surface area contributed by atoms with Crippen LogP contribution in [0.3, 0.4) is 0 Å². The zero-order valence-corrected chi connectivity index (χ0v) is 20.1. The molecule has 10 heteroatoms. The summed E-state index contributed by atoms with van der Waals surface area (Å²) in [5.41, 5.74) is 2.15. The molecule has 0 fully saturated rings. The highest BCUT2D eigenvalue weighted by Crippen LogP contribution is 2.35. The van der Waals surface area contributed by atoms with Crippen LogP contribution in [0.4, 0.5) is 11.4 Å². The quantitative estimate of drug-likeness (QED) is 0.181. The highest BCUT2D eigenvalue weighted by molar-refractivity contribution is 6.23. The summed E-state index contributed by atoms with van der Waals surface area (Å²) in [5, 5.41) is 14.0. The molecule has 1 aliphatic heterocycles. The summed E-state index contributed by atoms with van der Waals surface area (Å²) < 4.78 is 5.83. The van der Waals surface area contributed by atoms with E-state index >= 15 is 0 Å². The monoisotopic (exact) mass is 518 g/mol. The van der Waals surface area contributed by atoms with Crippen LogP contribution in [0.5, 0.6) is 0 Å². The number of nitro benzene ring substituents is 1. The Hall–Kier alpha value is -5.64. The lowest BCUT2D eigenvalue weighted by atomic mass is 10.0. The lowest BCUT2D eigenvalue weighted by molar-refractivity contribution is -0.384. The van der Waals surface area contributed by atoms with Gasteiger partial charge in [-0.05, 0) is 35.9 Å². The van der Waals surface area contributed by atoms with Crippen molar-refractivity contribution in [2.75, 3.05) is 5.32 Å². The topological polar surface area (TPSA) is 136 Å². The van der Waals surface area contributed by atoms with Crippen molar-refractivity contribution < 1.29 is 23.7 Å². The summed E-state index contributed by atoms with van der Waals surface area (Å²) in [6, 6.07) is 24.6. The summed E-state index contributed by atoms with van der Waals surface area (Å²) in [6.45, 7) is 0. The standard InChI is InChI=1S/C29H18N4O6/c34-26(25(17-8-2-1-3-9-17)32-28(35)19-10-4-5-11-20(19)29(32)36)30-22-13-7-6-12-21(22)27-31-23-16-18(33(37)38)14-15-24(23)39-27/h1-16,25H,(H,30,34). The maximum absolute atomic E-state index is 13.8. The largest absolute Gasteiger partial charge is 0.436 e. The number of nitro groups is 1. The van der Waals surface area contributed by atoms with E-state index in [2.05, 4.69) is 10.3 Å². The van der Waals surface area contributed by atoms with E-state index in [1.54, 1.807) is 78.9 Å². The van der Waals surface area contributed by atoms with Crippen molar-refractivity contribution in [1.82, 2.24) is 9.88 Å². The molecule has 1 N–H and O–H groups in total. The number of rotatable bonds is 6. The van der Waals surface area contributed by atoms with E-state index in [9.17, 15) is 24.5 Å². The van der Waals surface area contributed by atoms with E-state index in [1.165, 1.54) is 18.2 Å². The molecule has 0 spiro atoms. The predicted octanol–water partition coefficient (Wildman–Crippen LogP) is 5.38. The zero-order valence-electron chi connectivity index (χ0n) is 20.1. The first-order chi connectivity index (χ1) is 18.9. The third kappa shape index (κ3) is 4.09. The number of hydrogen-bond donors (Lipinski definition) is 1. The molecule has 190 valence electrons. The number of aromatic nitrogens is 1. The number of carbonyl (C=O) groups is 3. The van der Waals surface area contributed by atoms with Gasteiger partial charge in [-0.15, -0.1) is 0 Å². The number of imide groups is 1. The molecule has 6 rings (SSSR count). The van der Waals surface area contributed by atoms with Crippen molar-refractivity contribution in [3.8, 4) is 11.5 Å². The van der Waals surface area contributed by atoms with Crippen LogP contribution < -0.4 is 5.32 Å². The molecule has 0 saturated carbocycles. The minimum Gasteiger partial charge on any atom is -0.436 e. The number of nitrogens with one attached hydrogen (secondary N) is 1. The van der Waals surface area contributed by atoms with Gasteiger partial charge in [0.2, 0.25) is 5.89 Å². The number of oxazole rings is 1. The maximum Gasteiger partial charge on any atom is 0.271 e. The Bertz CT molecular complexity index is 1760. The molecule has 0 bridgehead atoms. The average molecular weight is 518 g/mol. The van der Waals surface area contributed by atoms with Crippen molar-refractivity contribution >= 4 is 40.2 Å². The number of para-hydroxylation sites is 1. The molecule has 0 saturated heterocycles. The van der Waals surface area contributed by atoms with Gasteiger partial charge in [-0.25, -0.2) is 4.98 Å². The molecular formula is C29H18N4O6. The molecule has 10 nitrogen and oxygen atoms in total. The Morgan fingerprint density at radius 3 is 2.13 bits per heavy atom. The Kier molecular flexibility index (Phi) is 5.69. The molecule has 2 heterocycles. The fraction of sp³-hybridized carbons (Fsp3) is 0.0345. The number of fused-ring (bicyclic) bond motifs is 2.